The predicted molar refractivity (Wildman–Crippen MR) is 62.9 cm³/mol. The van der Waals surface area contributed by atoms with Gasteiger partial charge in [-0.25, -0.2) is 13.1 Å². The van der Waals surface area contributed by atoms with E-state index in [4.69, 9.17) is 11.6 Å². The number of amides is 1. The maximum Gasteiger partial charge on any atom is 0.237 e. The lowest BCUT2D eigenvalue weighted by molar-refractivity contribution is -0.129. The average Bonchev–Trinajstić information content (AvgIpc) is 2.28. The van der Waals surface area contributed by atoms with Crippen molar-refractivity contribution in [1.29, 1.82) is 0 Å². The molecule has 1 fully saturated rings. The van der Waals surface area contributed by atoms with Crippen LogP contribution in [0.1, 0.15) is 19.8 Å². The molecule has 1 saturated heterocycles. The van der Waals surface area contributed by atoms with Crippen LogP contribution >= 0.6 is 11.6 Å². The Bertz CT molecular complexity index is 337. The van der Waals surface area contributed by atoms with Crippen LogP contribution in [0.2, 0.25) is 0 Å². The van der Waals surface area contributed by atoms with Crippen molar-refractivity contribution in [2.45, 2.75) is 25.8 Å². The van der Waals surface area contributed by atoms with E-state index < -0.39 is 10.0 Å². The molecular weight excluding hydrogens is 252 g/mol. The van der Waals surface area contributed by atoms with Crippen LogP contribution in [0.4, 0.5) is 0 Å². The smallest absolute Gasteiger partial charge is 0.237 e. The van der Waals surface area contributed by atoms with E-state index in [2.05, 4.69) is 4.72 Å². The van der Waals surface area contributed by atoms with Crippen molar-refractivity contribution in [2.75, 3.05) is 24.7 Å². The molecule has 0 aromatic heterocycles. The molecule has 0 saturated carbocycles. The molecule has 16 heavy (non-hydrogen) atoms. The molecule has 0 radical (unpaired) electrons. The van der Waals surface area contributed by atoms with E-state index in [0.29, 0.717) is 25.9 Å². The molecule has 0 atom stereocenters. The summed E-state index contributed by atoms with van der Waals surface area (Å²) in [4.78, 5) is 12.9. The number of halogens is 1. The average molecular weight is 269 g/mol. The molecule has 0 spiro atoms. The highest BCUT2D eigenvalue weighted by Gasteiger charge is 2.24. The van der Waals surface area contributed by atoms with Crippen LogP contribution in [-0.4, -0.2) is 50.0 Å². The van der Waals surface area contributed by atoms with Crippen molar-refractivity contribution in [3.63, 3.8) is 0 Å². The van der Waals surface area contributed by atoms with E-state index in [1.807, 2.05) is 0 Å². The molecule has 0 aliphatic carbocycles. The summed E-state index contributed by atoms with van der Waals surface area (Å²) in [5, 5.41) is 0. The number of alkyl halides is 1. The van der Waals surface area contributed by atoms with Gasteiger partial charge in [-0.3, -0.25) is 4.79 Å². The van der Waals surface area contributed by atoms with Crippen LogP contribution in [0.15, 0.2) is 0 Å². The largest absolute Gasteiger partial charge is 0.342 e. The third-order valence-electron chi connectivity index (χ3n) is 2.69. The highest BCUT2D eigenvalue weighted by atomic mass is 35.5. The number of carbonyl (C=O) groups excluding carboxylic acids is 1. The zero-order valence-electron chi connectivity index (χ0n) is 9.28. The topological polar surface area (TPSA) is 66.5 Å². The number of rotatable bonds is 4. The Balaban J connectivity index is 2.41. The molecule has 1 N–H and O–H groups in total. The minimum atomic E-state index is -3.14. The van der Waals surface area contributed by atoms with Crippen LogP contribution < -0.4 is 4.72 Å². The van der Waals surface area contributed by atoms with Crippen molar-refractivity contribution in [3.8, 4) is 0 Å². The standard InChI is InChI=1S/C9H17ClN2O3S/c1-2-16(14,15)11-8-3-5-12(6-4-8)9(13)7-10/h8,11H,2-7H2,1H3. The number of hydrogen-bond donors (Lipinski definition) is 1. The van der Waals surface area contributed by atoms with Crippen LogP contribution in [0.25, 0.3) is 0 Å². The second kappa shape index (κ2) is 5.84. The molecule has 1 rings (SSSR count). The van der Waals surface area contributed by atoms with Crippen molar-refractivity contribution in [2.24, 2.45) is 0 Å². The molecule has 0 bridgehead atoms. The van der Waals surface area contributed by atoms with E-state index in [-0.39, 0.29) is 23.6 Å². The fraction of sp³-hybridized carbons (Fsp3) is 0.889. The highest BCUT2D eigenvalue weighted by Crippen LogP contribution is 2.11. The summed E-state index contributed by atoms with van der Waals surface area (Å²) in [7, 11) is -3.14. The Morgan fingerprint density at radius 1 is 1.44 bits per heavy atom. The summed E-state index contributed by atoms with van der Waals surface area (Å²) >= 11 is 5.45. The van der Waals surface area contributed by atoms with Gasteiger partial charge in [0.2, 0.25) is 15.9 Å². The molecule has 7 heteroatoms. The zero-order chi connectivity index (χ0) is 12.2. The Morgan fingerprint density at radius 2 is 2.00 bits per heavy atom. The quantitative estimate of drug-likeness (QED) is 0.739. The van der Waals surface area contributed by atoms with Crippen LogP contribution in [0.3, 0.4) is 0 Å². The summed E-state index contributed by atoms with van der Waals surface area (Å²) in [6, 6.07) is -0.0516. The van der Waals surface area contributed by atoms with Gasteiger partial charge in [0, 0.05) is 19.1 Å². The van der Waals surface area contributed by atoms with Gasteiger partial charge in [-0.15, -0.1) is 11.6 Å². The van der Waals surface area contributed by atoms with Gasteiger partial charge in [0.05, 0.1) is 5.75 Å². The van der Waals surface area contributed by atoms with Gasteiger partial charge in [-0.2, -0.15) is 0 Å². The number of carbonyl (C=O) groups is 1. The lowest BCUT2D eigenvalue weighted by Gasteiger charge is -2.31. The second-order valence-electron chi connectivity index (χ2n) is 3.81. The molecule has 1 amide bonds. The maximum absolute atomic E-state index is 11.3. The third-order valence-corrected chi connectivity index (χ3v) is 4.37. The number of hydrogen-bond acceptors (Lipinski definition) is 3. The highest BCUT2D eigenvalue weighted by molar-refractivity contribution is 7.89. The van der Waals surface area contributed by atoms with Gasteiger partial charge < -0.3 is 4.90 Å². The van der Waals surface area contributed by atoms with Crippen molar-refractivity contribution >= 4 is 27.5 Å². The van der Waals surface area contributed by atoms with Gasteiger partial charge in [0.15, 0.2) is 0 Å². The molecule has 5 nitrogen and oxygen atoms in total. The van der Waals surface area contributed by atoms with Crippen molar-refractivity contribution < 1.29 is 13.2 Å². The van der Waals surface area contributed by atoms with E-state index in [1.165, 1.54) is 0 Å². The monoisotopic (exact) mass is 268 g/mol. The molecule has 0 aromatic rings. The lowest BCUT2D eigenvalue weighted by Crippen LogP contribution is -2.47. The van der Waals surface area contributed by atoms with Gasteiger partial charge >= 0.3 is 0 Å². The fourth-order valence-corrected chi connectivity index (χ4v) is 2.75. The van der Waals surface area contributed by atoms with Crippen LogP contribution in [0, 0.1) is 0 Å². The minimum Gasteiger partial charge on any atom is -0.342 e. The van der Waals surface area contributed by atoms with Crippen molar-refractivity contribution in [3.05, 3.63) is 0 Å². The summed E-state index contributed by atoms with van der Waals surface area (Å²) in [5.74, 6) is -0.00224. The Morgan fingerprint density at radius 3 is 2.44 bits per heavy atom. The van der Waals surface area contributed by atoms with E-state index in [1.54, 1.807) is 11.8 Å². The number of likely N-dealkylation sites (tertiary alicyclic amines) is 1. The van der Waals surface area contributed by atoms with E-state index in [0.717, 1.165) is 0 Å². The normalized spacial score (nSPS) is 18.8. The molecule has 94 valence electrons. The summed E-state index contributed by atoms with van der Waals surface area (Å²) in [6.45, 7) is 2.75. The minimum absolute atomic E-state index is 0.00858. The van der Waals surface area contributed by atoms with Gasteiger partial charge in [0.25, 0.3) is 0 Å². The molecule has 1 heterocycles. The first-order valence-corrected chi connectivity index (χ1v) is 7.51. The maximum atomic E-state index is 11.3. The summed E-state index contributed by atoms with van der Waals surface area (Å²) in [6.07, 6.45) is 1.31. The molecule has 1 aliphatic heterocycles. The molecule has 0 aromatic carbocycles. The van der Waals surface area contributed by atoms with E-state index >= 15 is 0 Å². The van der Waals surface area contributed by atoms with Gasteiger partial charge in [0.1, 0.15) is 5.88 Å². The fourth-order valence-electron chi connectivity index (χ4n) is 1.67. The molecule has 0 unspecified atom stereocenters. The Labute approximate surface area is 101 Å². The number of piperidine rings is 1. The lowest BCUT2D eigenvalue weighted by atomic mass is 10.1. The van der Waals surface area contributed by atoms with Crippen LogP contribution in [0.5, 0.6) is 0 Å². The number of nitrogens with zero attached hydrogens (tertiary/aromatic N) is 1. The summed E-state index contributed by atoms with van der Waals surface area (Å²) in [5.41, 5.74) is 0. The zero-order valence-corrected chi connectivity index (χ0v) is 10.9. The Hall–Kier alpha value is -0.330. The van der Waals surface area contributed by atoms with Gasteiger partial charge in [-0.05, 0) is 19.8 Å². The number of sulfonamides is 1. The van der Waals surface area contributed by atoms with Gasteiger partial charge in [-0.1, -0.05) is 0 Å². The van der Waals surface area contributed by atoms with Crippen molar-refractivity contribution in [1.82, 2.24) is 9.62 Å². The molecule has 1 aliphatic rings. The first-order valence-electron chi connectivity index (χ1n) is 5.32. The molecular formula is C9H17ClN2O3S. The number of nitrogens with one attached hydrogen (secondary N) is 1. The van der Waals surface area contributed by atoms with E-state index in [9.17, 15) is 13.2 Å². The third kappa shape index (κ3) is 3.92. The first-order chi connectivity index (χ1) is 7.48. The Kier molecular flexibility index (Phi) is 5.01. The first kappa shape index (κ1) is 13.7. The SMILES string of the molecule is CCS(=O)(=O)NC1CCN(C(=O)CCl)CC1. The second-order valence-corrected chi connectivity index (χ2v) is 6.12. The predicted octanol–water partition coefficient (Wildman–Crippen LogP) is 0.155. The summed E-state index contributed by atoms with van der Waals surface area (Å²) < 4.78 is 25.3. The van der Waals surface area contributed by atoms with Crippen LogP contribution in [-0.2, 0) is 14.8 Å².